The highest BCUT2D eigenvalue weighted by Gasteiger charge is 2.49. The number of anilines is 1. The van der Waals surface area contributed by atoms with Gasteiger partial charge in [0, 0.05) is 17.5 Å². The van der Waals surface area contributed by atoms with E-state index in [1.54, 1.807) is 7.11 Å². The van der Waals surface area contributed by atoms with E-state index in [0.717, 1.165) is 48.7 Å². The minimum Gasteiger partial charge on any atom is -0.497 e. The van der Waals surface area contributed by atoms with Gasteiger partial charge in [0.05, 0.1) is 36.7 Å². The number of hydrogen-bond donors (Lipinski definition) is 2. The van der Waals surface area contributed by atoms with Crippen molar-refractivity contribution in [3.05, 3.63) is 53.6 Å². The number of methoxy groups -OCH3 is 1. The van der Waals surface area contributed by atoms with Gasteiger partial charge in [0.15, 0.2) is 18.2 Å². The SMILES string of the molecule is COc1ccc2ncc(F)c(CCC34CCC(NCc5ccc6c(n5)NC(=O)CO6)(CC3)CO4)c2c1. The molecule has 3 aliphatic heterocycles. The van der Waals surface area contributed by atoms with Crippen LogP contribution in [0, 0.1) is 5.82 Å². The lowest BCUT2D eigenvalue weighted by Crippen LogP contribution is -2.61. The number of carbonyl (C=O) groups excluding carboxylic acids is 1. The monoisotopic (exact) mass is 492 g/mol. The molecule has 1 aromatic carbocycles. The Morgan fingerprint density at radius 2 is 2.06 bits per heavy atom. The van der Waals surface area contributed by atoms with E-state index >= 15 is 0 Å². The quantitative estimate of drug-likeness (QED) is 0.516. The maximum Gasteiger partial charge on any atom is 0.263 e. The smallest absolute Gasteiger partial charge is 0.263 e. The molecule has 2 aromatic heterocycles. The third-order valence-electron chi connectivity index (χ3n) is 7.91. The molecule has 2 bridgehead atoms. The molecule has 3 fully saturated rings. The second-order valence-electron chi connectivity index (χ2n) is 10.1. The molecule has 0 spiro atoms. The Morgan fingerprint density at radius 1 is 1.19 bits per heavy atom. The molecule has 9 heteroatoms. The van der Waals surface area contributed by atoms with E-state index in [4.69, 9.17) is 14.2 Å². The molecule has 0 radical (unpaired) electrons. The number of nitrogens with zero attached hydrogens (tertiary/aromatic N) is 2. The number of amides is 1. The fourth-order valence-corrected chi connectivity index (χ4v) is 5.63. The van der Waals surface area contributed by atoms with Crippen LogP contribution in [0.5, 0.6) is 11.5 Å². The molecule has 188 valence electrons. The van der Waals surface area contributed by atoms with Crippen molar-refractivity contribution >= 4 is 22.6 Å². The highest BCUT2D eigenvalue weighted by atomic mass is 19.1. The van der Waals surface area contributed by atoms with Gasteiger partial charge in [-0.15, -0.1) is 0 Å². The number of benzene rings is 1. The lowest BCUT2D eigenvalue weighted by molar-refractivity contribution is -0.165. The van der Waals surface area contributed by atoms with Gasteiger partial charge in [0.25, 0.3) is 5.91 Å². The average molecular weight is 493 g/mol. The number of aromatic nitrogens is 2. The predicted molar refractivity (Wildman–Crippen MR) is 132 cm³/mol. The number of halogens is 1. The first-order valence-electron chi connectivity index (χ1n) is 12.4. The third-order valence-corrected chi connectivity index (χ3v) is 7.91. The summed E-state index contributed by atoms with van der Waals surface area (Å²) < 4.78 is 32.0. The molecule has 1 aliphatic carbocycles. The zero-order valence-electron chi connectivity index (χ0n) is 20.2. The van der Waals surface area contributed by atoms with Gasteiger partial charge in [-0.3, -0.25) is 9.78 Å². The third kappa shape index (κ3) is 4.26. The van der Waals surface area contributed by atoms with Crippen molar-refractivity contribution in [2.24, 2.45) is 0 Å². The molecule has 0 unspecified atom stereocenters. The minimum absolute atomic E-state index is 0.0205. The summed E-state index contributed by atoms with van der Waals surface area (Å²) in [4.78, 5) is 20.4. The van der Waals surface area contributed by atoms with Crippen LogP contribution in [-0.2, 0) is 22.5 Å². The average Bonchev–Trinajstić information content (AvgIpc) is 2.92. The van der Waals surface area contributed by atoms with Crippen LogP contribution in [-0.4, -0.2) is 47.3 Å². The molecule has 5 heterocycles. The summed E-state index contributed by atoms with van der Waals surface area (Å²) in [6.45, 7) is 1.22. The Balaban J connectivity index is 1.10. The Bertz CT molecular complexity index is 1310. The van der Waals surface area contributed by atoms with Crippen LogP contribution in [0.15, 0.2) is 36.5 Å². The van der Waals surface area contributed by atoms with Crippen molar-refractivity contribution in [3.8, 4) is 11.5 Å². The topological polar surface area (TPSA) is 94.6 Å². The summed E-state index contributed by atoms with van der Waals surface area (Å²) in [5.74, 6) is 1.28. The Labute approximate surface area is 208 Å². The highest BCUT2D eigenvalue weighted by Crippen LogP contribution is 2.46. The van der Waals surface area contributed by atoms with Crippen molar-refractivity contribution in [3.63, 3.8) is 0 Å². The number of ether oxygens (including phenoxy) is 3. The molecule has 1 saturated carbocycles. The first-order chi connectivity index (χ1) is 17.5. The molecule has 2 saturated heterocycles. The van der Waals surface area contributed by atoms with E-state index in [-0.39, 0.29) is 29.5 Å². The van der Waals surface area contributed by atoms with Gasteiger partial charge in [-0.25, -0.2) is 9.37 Å². The van der Waals surface area contributed by atoms with Crippen LogP contribution in [0.25, 0.3) is 10.9 Å². The summed E-state index contributed by atoms with van der Waals surface area (Å²) in [5.41, 5.74) is 1.96. The predicted octanol–water partition coefficient (Wildman–Crippen LogP) is 3.91. The van der Waals surface area contributed by atoms with E-state index in [1.807, 2.05) is 30.3 Å². The second kappa shape index (κ2) is 8.97. The van der Waals surface area contributed by atoms with Crippen LogP contribution >= 0.6 is 0 Å². The number of rotatable bonds is 7. The summed E-state index contributed by atoms with van der Waals surface area (Å²) >= 11 is 0. The Kier molecular flexibility index (Phi) is 5.76. The lowest BCUT2D eigenvalue weighted by atomic mass is 9.69. The highest BCUT2D eigenvalue weighted by molar-refractivity contribution is 5.94. The molecule has 8 nitrogen and oxygen atoms in total. The maximum absolute atomic E-state index is 14.8. The number of nitrogens with one attached hydrogen (secondary N) is 2. The van der Waals surface area contributed by atoms with Crippen LogP contribution in [0.1, 0.15) is 43.4 Å². The van der Waals surface area contributed by atoms with Crippen LogP contribution in [0.2, 0.25) is 0 Å². The first-order valence-corrected chi connectivity index (χ1v) is 12.4. The Hall–Kier alpha value is -3.30. The molecule has 36 heavy (non-hydrogen) atoms. The zero-order chi connectivity index (χ0) is 24.8. The largest absolute Gasteiger partial charge is 0.497 e. The number of hydrogen-bond acceptors (Lipinski definition) is 7. The summed E-state index contributed by atoms with van der Waals surface area (Å²) in [6.07, 6.45) is 6.50. The number of aryl methyl sites for hydroxylation is 1. The molecule has 0 atom stereocenters. The summed E-state index contributed by atoms with van der Waals surface area (Å²) in [5, 5.41) is 7.23. The molecule has 2 N–H and O–H groups in total. The van der Waals surface area contributed by atoms with E-state index in [1.165, 1.54) is 6.20 Å². The van der Waals surface area contributed by atoms with Crippen molar-refractivity contribution < 1.29 is 23.4 Å². The van der Waals surface area contributed by atoms with Gasteiger partial charge in [0.2, 0.25) is 0 Å². The Morgan fingerprint density at radius 3 is 2.83 bits per heavy atom. The zero-order valence-corrected chi connectivity index (χ0v) is 20.2. The maximum atomic E-state index is 14.8. The van der Waals surface area contributed by atoms with Crippen molar-refractivity contribution in [2.45, 2.75) is 56.2 Å². The van der Waals surface area contributed by atoms with E-state index in [9.17, 15) is 9.18 Å². The normalized spacial score (nSPS) is 24.8. The van der Waals surface area contributed by atoms with Crippen molar-refractivity contribution in [1.29, 1.82) is 0 Å². The molecule has 4 aliphatic rings. The number of fused-ring (bicyclic) bond motifs is 5. The number of carbonyl (C=O) groups is 1. The van der Waals surface area contributed by atoms with Gasteiger partial charge in [-0.05, 0) is 74.4 Å². The molecular formula is C27H29FN4O4. The van der Waals surface area contributed by atoms with Gasteiger partial charge in [-0.1, -0.05) is 0 Å². The lowest BCUT2D eigenvalue weighted by Gasteiger charge is -2.53. The van der Waals surface area contributed by atoms with Crippen molar-refractivity contribution in [2.75, 3.05) is 25.6 Å². The molecule has 1 amide bonds. The fourth-order valence-electron chi connectivity index (χ4n) is 5.63. The van der Waals surface area contributed by atoms with Gasteiger partial charge in [-0.2, -0.15) is 0 Å². The fraction of sp³-hybridized carbons (Fsp3) is 0.444. The second-order valence-corrected chi connectivity index (χ2v) is 10.1. The van der Waals surface area contributed by atoms with Crippen LogP contribution in [0.3, 0.4) is 0 Å². The molecular weight excluding hydrogens is 463 g/mol. The van der Waals surface area contributed by atoms with E-state index in [2.05, 4.69) is 20.6 Å². The standard InChI is InChI=1S/C27H29FN4O4/c1-34-18-3-4-22-20(12-18)19(21(28)14-29-22)6-7-27-10-8-26(9-11-27,16-36-27)30-13-17-2-5-23-25(31-17)32-24(33)15-35-23/h2-5,12,14,30H,6-11,13,15-16H2,1H3,(H,31,32,33). The van der Waals surface area contributed by atoms with Crippen LogP contribution in [0.4, 0.5) is 10.2 Å². The van der Waals surface area contributed by atoms with Gasteiger partial charge < -0.3 is 24.8 Å². The van der Waals surface area contributed by atoms with Crippen molar-refractivity contribution in [1.82, 2.24) is 15.3 Å². The van der Waals surface area contributed by atoms with Gasteiger partial charge in [0.1, 0.15) is 11.6 Å². The van der Waals surface area contributed by atoms with E-state index in [0.29, 0.717) is 42.5 Å². The number of pyridine rings is 2. The van der Waals surface area contributed by atoms with Crippen LogP contribution < -0.4 is 20.1 Å². The minimum atomic E-state index is -0.283. The molecule has 7 rings (SSSR count). The van der Waals surface area contributed by atoms with E-state index < -0.39 is 0 Å². The van der Waals surface area contributed by atoms with Gasteiger partial charge >= 0.3 is 0 Å². The molecule has 3 aromatic rings. The summed E-state index contributed by atoms with van der Waals surface area (Å²) in [6, 6.07) is 9.33. The first kappa shape index (κ1) is 23.1. The summed E-state index contributed by atoms with van der Waals surface area (Å²) in [7, 11) is 1.61.